The highest BCUT2D eigenvalue weighted by Gasteiger charge is 2.41. The molecule has 1 aromatic carbocycles. The van der Waals surface area contributed by atoms with Crippen LogP contribution >= 0.6 is 15.9 Å². The van der Waals surface area contributed by atoms with Crippen LogP contribution in [0.4, 0.5) is 0 Å². The lowest BCUT2D eigenvalue weighted by molar-refractivity contribution is 0.0621. The summed E-state index contributed by atoms with van der Waals surface area (Å²) in [5.41, 5.74) is 1.63. The molecule has 19 heavy (non-hydrogen) atoms. The van der Waals surface area contributed by atoms with Crippen molar-refractivity contribution in [2.75, 3.05) is 13.2 Å². The number of nitrogens with one attached hydrogen (secondary N) is 1. The van der Waals surface area contributed by atoms with Crippen molar-refractivity contribution in [3.8, 4) is 0 Å². The van der Waals surface area contributed by atoms with Crippen LogP contribution < -0.4 is 5.32 Å². The highest BCUT2D eigenvalue weighted by molar-refractivity contribution is 9.10. The maximum atomic E-state index is 5.85. The van der Waals surface area contributed by atoms with Crippen LogP contribution in [0.3, 0.4) is 0 Å². The molecule has 0 saturated carbocycles. The standard InChI is InChI=1S/C16H24BrNO/c1-12(2)18-11-16(8-9-19-13(16)3)10-14-4-6-15(17)7-5-14/h4-7,12-13,18H,8-11H2,1-3H3. The fourth-order valence-corrected chi connectivity index (χ4v) is 3.03. The average molecular weight is 326 g/mol. The molecule has 0 spiro atoms. The second-order valence-corrected chi connectivity index (χ2v) is 6.88. The summed E-state index contributed by atoms with van der Waals surface area (Å²) in [6.45, 7) is 8.54. The van der Waals surface area contributed by atoms with Crippen LogP contribution in [0.1, 0.15) is 32.8 Å². The molecular weight excluding hydrogens is 302 g/mol. The zero-order chi connectivity index (χ0) is 13.9. The zero-order valence-electron chi connectivity index (χ0n) is 12.1. The molecule has 3 heteroatoms. The lowest BCUT2D eigenvalue weighted by Gasteiger charge is -2.33. The maximum Gasteiger partial charge on any atom is 0.0619 e. The fourth-order valence-electron chi connectivity index (χ4n) is 2.76. The van der Waals surface area contributed by atoms with E-state index < -0.39 is 0 Å². The predicted octanol–water partition coefficient (Wildman–Crippen LogP) is 3.78. The van der Waals surface area contributed by atoms with Crippen molar-refractivity contribution in [1.29, 1.82) is 0 Å². The van der Waals surface area contributed by atoms with E-state index in [0.29, 0.717) is 12.1 Å². The Balaban J connectivity index is 2.11. The monoisotopic (exact) mass is 325 g/mol. The van der Waals surface area contributed by atoms with Gasteiger partial charge in [-0.2, -0.15) is 0 Å². The third kappa shape index (κ3) is 3.80. The Morgan fingerprint density at radius 1 is 1.37 bits per heavy atom. The van der Waals surface area contributed by atoms with Crippen molar-refractivity contribution in [3.05, 3.63) is 34.3 Å². The lowest BCUT2D eigenvalue weighted by atomic mass is 9.76. The van der Waals surface area contributed by atoms with E-state index in [-0.39, 0.29) is 5.41 Å². The van der Waals surface area contributed by atoms with Crippen molar-refractivity contribution in [2.45, 2.75) is 45.8 Å². The SMILES string of the molecule is CC(C)NCC1(Cc2ccc(Br)cc2)CCOC1C. The molecule has 1 heterocycles. The largest absolute Gasteiger partial charge is 0.378 e. The van der Waals surface area contributed by atoms with E-state index in [0.717, 1.165) is 30.5 Å². The summed E-state index contributed by atoms with van der Waals surface area (Å²) in [4.78, 5) is 0. The van der Waals surface area contributed by atoms with Gasteiger partial charge in [0.2, 0.25) is 0 Å². The molecule has 2 atom stereocenters. The zero-order valence-corrected chi connectivity index (χ0v) is 13.7. The topological polar surface area (TPSA) is 21.3 Å². The second kappa shape index (κ2) is 6.38. The van der Waals surface area contributed by atoms with E-state index >= 15 is 0 Å². The number of hydrogen-bond acceptors (Lipinski definition) is 2. The van der Waals surface area contributed by atoms with Gasteiger partial charge in [-0.05, 0) is 37.5 Å². The van der Waals surface area contributed by atoms with Crippen LogP contribution in [0.5, 0.6) is 0 Å². The first-order valence-electron chi connectivity index (χ1n) is 7.11. The van der Waals surface area contributed by atoms with Gasteiger partial charge < -0.3 is 10.1 Å². The van der Waals surface area contributed by atoms with Crippen LogP contribution in [0.15, 0.2) is 28.7 Å². The maximum absolute atomic E-state index is 5.85. The average Bonchev–Trinajstić information content (AvgIpc) is 2.72. The Bertz CT molecular complexity index is 404. The Morgan fingerprint density at radius 2 is 2.05 bits per heavy atom. The second-order valence-electron chi connectivity index (χ2n) is 5.96. The Kier molecular flexibility index (Phi) is 5.04. The van der Waals surface area contributed by atoms with Gasteiger partial charge in [0.15, 0.2) is 0 Å². The molecule has 1 aromatic rings. The molecule has 2 nitrogen and oxygen atoms in total. The van der Waals surface area contributed by atoms with Gasteiger partial charge >= 0.3 is 0 Å². The number of hydrogen-bond donors (Lipinski definition) is 1. The minimum absolute atomic E-state index is 0.234. The molecule has 0 aromatic heterocycles. The summed E-state index contributed by atoms with van der Waals surface area (Å²) in [5.74, 6) is 0. The molecule has 2 rings (SSSR count). The third-order valence-corrected chi connectivity index (χ3v) is 4.69. The summed E-state index contributed by atoms with van der Waals surface area (Å²) in [7, 11) is 0. The first-order chi connectivity index (χ1) is 9.02. The smallest absolute Gasteiger partial charge is 0.0619 e. The van der Waals surface area contributed by atoms with Crippen molar-refractivity contribution >= 4 is 15.9 Å². The van der Waals surface area contributed by atoms with E-state index in [9.17, 15) is 0 Å². The molecule has 1 fully saturated rings. The minimum atomic E-state index is 0.234. The van der Waals surface area contributed by atoms with Gasteiger partial charge in [0.05, 0.1) is 6.10 Å². The first kappa shape index (κ1) is 15.0. The van der Waals surface area contributed by atoms with Gasteiger partial charge in [0.1, 0.15) is 0 Å². The summed E-state index contributed by atoms with van der Waals surface area (Å²) in [6.07, 6.45) is 2.55. The van der Waals surface area contributed by atoms with E-state index in [4.69, 9.17) is 4.74 Å². The quantitative estimate of drug-likeness (QED) is 0.889. The van der Waals surface area contributed by atoms with E-state index in [2.05, 4.69) is 66.3 Å². The molecule has 0 radical (unpaired) electrons. The van der Waals surface area contributed by atoms with Crippen LogP contribution in [-0.4, -0.2) is 25.3 Å². The van der Waals surface area contributed by atoms with E-state index in [1.54, 1.807) is 0 Å². The van der Waals surface area contributed by atoms with Gasteiger partial charge in [-0.3, -0.25) is 0 Å². The normalized spacial score (nSPS) is 27.1. The molecule has 0 aliphatic carbocycles. The minimum Gasteiger partial charge on any atom is -0.378 e. The Morgan fingerprint density at radius 3 is 2.58 bits per heavy atom. The van der Waals surface area contributed by atoms with Gasteiger partial charge in [-0.15, -0.1) is 0 Å². The van der Waals surface area contributed by atoms with Crippen LogP contribution in [-0.2, 0) is 11.2 Å². The van der Waals surface area contributed by atoms with Crippen molar-refractivity contribution in [3.63, 3.8) is 0 Å². The van der Waals surface area contributed by atoms with Crippen molar-refractivity contribution in [1.82, 2.24) is 5.32 Å². The van der Waals surface area contributed by atoms with E-state index in [1.165, 1.54) is 5.56 Å². The summed E-state index contributed by atoms with van der Waals surface area (Å²) in [5, 5.41) is 3.60. The molecule has 1 N–H and O–H groups in total. The van der Waals surface area contributed by atoms with Crippen LogP contribution in [0.25, 0.3) is 0 Å². The molecule has 1 aliphatic heterocycles. The third-order valence-electron chi connectivity index (χ3n) is 4.16. The summed E-state index contributed by atoms with van der Waals surface area (Å²) in [6, 6.07) is 9.20. The lowest BCUT2D eigenvalue weighted by Crippen LogP contribution is -2.43. The fraction of sp³-hybridized carbons (Fsp3) is 0.625. The molecule has 1 aliphatic rings. The predicted molar refractivity (Wildman–Crippen MR) is 83.4 cm³/mol. The highest BCUT2D eigenvalue weighted by Crippen LogP contribution is 2.38. The number of halogens is 1. The molecule has 1 saturated heterocycles. The summed E-state index contributed by atoms with van der Waals surface area (Å²) >= 11 is 3.50. The van der Waals surface area contributed by atoms with Gasteiger partial charge in [-0.25, -0.2) is 0 Å². The van der Waals surface area contributed by atoms with Crippen molar-refractivity contribution in [2.24, 2.45) is 5.41 Å². The summed E-state index contributed by atoms with van der Waals surface area (Å²) < 4.78 is 6.99. The molecular formula is C16H24BrNO. The van der Waals surface area contributed by atoms with Gasteiger partial charge in [-0.1, -0.05) is 41.9 Å². The molecule has 2 unspecified atom stereocenters. The first-order valence-corrected chi connectivity index (χ1v) is 7.90. The molecule has 0 bridgehead atoms. The van der Waals surface area contributed by atoms with Gasteiger partial charge in [0.25, 0.3) is 0 Å². The Labute approximate surface area is 125 Å². The highest BCUT2D eigenvalue weighted by atomic mass is 79.9. The van der Waals surface area contributed by atoms with E-state index in [1.807, 2.05) is 0 Å². The molecule has 0 amide bonds. The van der Waals surface area contributed by atoms with Gasteiger partial charge in [0, 0.05) is 29.1 Å². The molecule has 106 valence electrons. The Hall–Kier alpha value is -0.380. The number of benzene rings is 1. The van der Waals surface area contributed by atoms with Crippen LogP contribution in [0.2, 0.25) is 0 Å². The number of ether oxygens (including phenoxy) is 1. The van der Waals surface area contributed by atoms with Crippen molar-refractivity contribution < 1.29 is 4.74 Å². The van der Waals surface area contributed by atoms with Crippen LogP contribution in [0, 0.1) is 5.41 Å². The number of rotatable bonds is 5.